The molecule has 1 fully saturated rings. The van der Waals surface area contributed by atoms with Gasteiger partial charge in [-0.2, -0.15) is 0 Å². The van der Waals surface area contributed by atoms with Gasteiger partial charge in [0.15, 0.2) is 0 Å². The third-order valence-electron chi connectivity index (χ3n) is 4.56. The van der Waals surface area contributed by atoms with Crippen molar-refractivity contribution in [3.63, 3.8) is 0 Å². The van der Waals surface area contributed by atoms with E-state index in [1.807, 2.05) is 12.1 Å². The summed E-state index contributed by atoms with van der Waals surface area (Å²) in [6, 6.07) is 13.7. The lowest BCUT2D eigenvalue weighted by molar-refractivity contribution is -0.122. The largest absolute Gasteiger partial charge is 0.496 e. The maximum atomic E-state index is 12.7. The van der Waals surface area contributed by atoms with E-state index in [9.17, 15) is 18.0 Å². The van der Waals surface area contributed by atoms with Crippen LogP contribution in [0.15, 0.2) is 63.3 Å². The van der Waals surface area contributed by atoms with Crippen LogP contribution in [0.1, 0.15) is 11.1 Å². The van der Waals surface area contributed by atoms with E-state index in [-0.39, 0.29) is 23.8 Å². The quantitative estimate of drug-likeness (QED) is 0.712. The van der Waals surface area contributed by atoms with Gasteiger partial charge in [0.2, 0.25) is 0 Å². The molecule has 0 radical (unpaired) electrons. The molecule has 2 aliphatic rings. The van der Waals surface area contributed by atoms with Crippen molar-refractivity contribution in [1.82, 2.24) is 9.62 Å². The van der Waals surface area contributed by atoms with Crippen molar-refractivity contribution in [1.29, 1.82) is 0 Å². The van der Waals surface area contributed by atoms with E-state index in [0.717, 1.165) is 16.7 Å². The molecule has 0 saturated carbocycles. The molecule has 2 heterocycles. The normalized spacial score (nSPS) is 20.0. The number of sulfonamides is 1. The highest BCUT2D eigenvalue weighted by atomic mass is 32.2. The molecular formula is C20H17N3O5S2. The Balaban J connectivity index is 1.49. The molecule has 1 N–H and O–H groups in total. The average molecular weight is 444 g/mol. The summed E-state index contributed by atoms with van der Waals surface area (Å²) in [7, 11) is -2.09. The number of carbonyl (C=O) groups is 2. The number of para-hydroxylation sites is 1. The van der Waals surface area contributed by atoms with Crippen LogP contribution in [0.25, 0.3) is 6.08 Å². The van der Waals surface area contributed by atoms with Gasteiger partial charge in [-0.25, -0.2) is 8.42 Å². The first kappa shape index (κ1) is 20.2. The zero-order valence-corrected chi connectivity index (χ0v) is 17.5. The fourth-order valence-electron chi connectivity index (χ4n) is 3.13. The number of hydrogen-bond donors (Lipinski definition) is 1. The highest BCUT2D eigenvalue weighted by molar-refractivity contribution is 8.18. The monoisotopic (exact) mass is 443 g/mol. The van der Waals surface area contributed by atoms with E-state index in [4.69, 9.17) is 4.74 Å². The molecule has 2 aromatic rings. The van der Waals surface area contributed by atoms with Crippen molar-refractivity contribution in [2.45, 2.75) is 4.90 Å². The number of carbonyl (C=O) groups excluding carboxylic acids is 2. The predicted molar refractivity (Wildman–Crippen MR) is 114 cm³/mol. The Hall–Kier alpha value is -3.11. The second-order valence-electron chi connectivity index (χ2n) is 6.41. The number of aliphatic imine (C=N–C) groups is 1. The Kier molecular flexibility index (Phi) is 5.35. The molecule has 0 bridgehead atoms. The Morgan fingerprint density at radius 2 is 1.87 bits per heavy atom. The number of hydrogen-bond acceptors (Lipinski definition) is 7. The van der Waals surface area contributed by atoms with Crippen LogP contribution >= 0.6 is 11.8 Å². The number of fused-ring (bicyclic) bond motifs is 1. The van der Waals surface area contributed by atoms with Crippen molar-refractivity contribution in [2.24, 2.45) is 4.99 Å². The van der Waals surface area contributed by atoms with Gasteiger partial charge in [-0.3, -0.25) is 24.2 Å². The smallest absolute Gasteiger partial charge is 0.293 e. The number of nitrogens with one attached hydrogen (secondary N) is 1. The van der Waals surface area contributed by atoms with E-state index in [2.05, 4.69) is 9.71 Å². The Morgan fingerprint density at radius 1 is 1.13 bits per heavy atom. The molecule has 2 aromatic carbocycles. The first-order valence-corrected chi connectivity index (χ1v) is 11.3. The predicted octanol–water partition coefficient (Wildman–Crippen LogP) is 2.47. The van der Waals surface area contributed by atoms with Crippen molar-refractivity contribution < 1.29 is 22.7 Å². The summed E-state index contributed by atoms with van der Waals surface area (Å²) in [6.07, 6.45) is 1.62. The van der Waals surface area contributed by atoms with E-state index in [0.29, 0.717) is 21.8 Å². The molecule has 2 aliphatic heterocycles. The second kappa shape index (κ2) is 7.96. The second-order valence-corrected chi connectivity index (χ2v) is 9.05. The third kappa shape index (κ3) is 3.71. The number of amides is 2. The summed E-state index contributed by atoms with van der Waals surface area (Å²) in [5.41, 5.74) is 1.17. The number of amidine groups is 1. The first-order chi connectivity index (χ1) is 14.4. The van der Waals surface area contributed by atoms with Gasteiger partial charge in [-0.05, 0) is 36.0 Å². The molecule has 2 amide bonds. The Labute approximate surface area is 177 Å². The number of imide groups is 1. The fourth-order valence-corrected chi connectivity index (χ4v) is 5.24. The van der Waals surface area contributed by atoms with E-state index < -0.39 is 21.2 Å². The number of nitrogens with zero attached hydrogens (tertiary/aromatic N) is 2. The van der Waals surface area contributed by atoms with Gasteiger partial charge in [0.1, 0.15) is 11.6 Å². The molecule has 154 valence electrons. The molecule has 0 atom stereocenters. The summed E-state index contributed by atoms with van der Waals surface area (Å²) in [6.45, 7) is 0.119. The van der Waals surface area contributed by atoms with Crippen molar-refractivity contribution in [3.8, 4) is 5.75 Å². The topological polar surface area (TPSA) is 105 Å². The number of rotatable bonds is 5. The summed E-state index contributed by atoms with van der Waals surface area (Å²) >= 11 is 0.850. The van der Waals surface area contributed by atoms with Gasteiger partial charge in [0, 0.05) is 17.7 Å². The molecule has 0 unspecified atom stereocenters. The lowest BCUT2D eigenvalue weighted by Crippen LogP contribution is -2.31. The average Bonchev–Trinajstić information content (AvgIpc) is 3.15. The zero-order valence-electron chi connectivity index (χ0n) is 15.9. The van der Waals surface area contributed by atoms with Crippen LogP contribution < -0.4 is 9.46 Å². The van der Waals surface area contributed by atoms with Crippen LogP contribution in [-0.4, -0.2) is 50.5 Å². The van der Waals surface area contributed by atoms with Crippen molar-refractivity contribution in [3.05, 3.63) is 64.6 Å². The van der Waals surface area contributed by atoms with Gasteiger partial charge in [-0.1, -0.05) is 30.3 Å². The van der Waals surface area contributed by atoms with Crippen LogP contribution in [0.4, 0.5) is 4.79 Å². The maximum Gasteiger partial charge on any atom is 0.293 e. The van der Waals surface area contributed by atoms with Gasteiger partial charge in [0.25, 0.3) is 21.2 Å². The molecule has 1 saturated heterocycles. The minimum atomic E-state index is -3.63. The lowest BCUT2D eigenvalue weighted by atomic mass is 10.2. The van der Waals surface area contributed by atoms with Gasteiger partial charge in [0.05, 0.1) is 23.5 Å². The fraction of sp³-hybridized carbons (Fsp3) is 0.150. The minimum Gasteiger partial charge on any atom is -0.496 e. The van der Waals surface area contributed by atoms with Gasteiger partial charge < -0.3 is 4.74 Å². The van der Waals surface area contributed by atoms with Crippen LogP contribution in [0.2, 0.25) is 0 Å². The van der Waals surface area contributed by atoms with Crippen LogP contribution in [-0.2, 0) is 14.8 Å². The molecule has 0 aliphatic carbocycles. The molecule has 4 rings (SSSR count). The zero-order chi connectivity index (χ0) is 21.3. The van der Waals surface area contributed by atoms with E-state index in [1.165, 1.54) is 13.2 Å². The van der Waals surface area contributed by atoms with Gasteiger partial charge in [-0.15, -0.1) is 0 Å². The SMILES string of the molecule is COc1ccccc1/C=C1\SC(=O)N(CCN=C2NS(=O)(=O)c3ccccc32)C1=O. The van der Waals surface area contributed by atoms with E-state index in [1.54, 1.807) is 36.4 Å². The molecular weight excluding hydrogens is 426 g/mol. The van der Waals surface area contributed by atoms with Crippen LogP contribution in [0.5, 0.6) is 5.75 Å². The highest BCUT2D eigenvalue weighted by Crippen LogP contribution is 2.33. The maximum absolute atomic E-state index is 12.7. The first-order valence-electron chi connectivity index (χ1n) is 8.96. The van der Waals surface area contributed by atoms with Gasteiger partial charge >= 0.3 is 0 Å². The van der Waals surface area contributed by atoms with E-state index >= 15 is 0 Å². The summed E-state index contributed by atoms with van der Waals surface area (Å²) in [5.74, 6) is 0.397. The number of benzene rings is 2. The van der Waals surface area contributed by atoms with Crippen molar-refractivity contribution >= 4 is 44.8 Å². The Morgan fingerprint density at radius 3 is 2.67 bits per heavy atom. The third-order valence-corrected chi connectivity index (χ3v) is 6.86. The summed E-state index contributed by atoms with van der Waals surface area (Å²) in [5, 5.41) is -0.395. The Bertz CT molecular complexity index is 1200. The molecule has 10 heteroatoms. The lowest BCUT2D eigenvalue weighted by Gasteiger charge is -2.10. The standard InChI is InChI=1S/C20H17N3O5S2/c1-28-15-8-4-2-6-13(15)12-16-19(24)23(20(25)29-16)11-10-21-18-14-7-3-5-9-17(14)30(26,27)22-18/h2-9,12H,10-11H2,1H3,(H,21,22)/b16-12-. The van der Waals surface area contributed by atoms with Crippen LogP contribution in [0.3, 0.4) is 0 Å². The van der Waals surface area contributed by atoms with Crippen LogP contribution in [0, 0.1) is 0 Å². The molecule has 0 spiro atoms. The molecule has 8 nitrogen and oxygen atoms in total. The summed E-state index contributed by atoms with van der Waals surface area (Å²) < 4.78 is 31.9. The minimum absolute atomic E-state index is 0.0430. The highest BCUT2D eigenvalue weighted by Gasteiger charge is 2.35. The number of thioether (sulfide) groups is 1. The summed E-state index contributed by atoms with van der Waals surface area (Å²) in [4.78, 5) is 30.8. The number of ether oxygens (including phenoxy) is 1. The van der Waals surface area contributed by atoms with Crippen molar-refractivity contribution in [2.75, 3.05) is 20.2 Å². The molecule has 30 heavy (non-hydrogen) atoms. The number of methoxy groups -OCH3 is 1. The molecule has 0 aromatic heterocycles.